The smallest absolute Gasteiger partial charge is 0.251 e. The van der Waals surface area contributed by atoms with Crippen LogP contribution in [0.15, 0.2) is 0 Å². The number of nitrogens with two attached hydrogens (primary N) is 1. The van der Waals surface area contributed by atoms with E-state index in [0.717, 1.165) is 45.4 Å². The summed E-state index contributed by atoms with van der Waals surface area (Å²) >= 11 is 0. The Hall–Kier alpha value is -0.610. The fourth-order valence-corrected chi connectivity index (χ4v) is 2.43. The summed E-state index contributed by atoms with van der Waals surface area (Å²) in [5.74, 6) is 0.676. The van der Waals surface area contributed by atoms with Crippen molar-refractivity contribution in [2.24, 2.45) is 11.7 Å². The highest BCUT2D eigenvalue weighted by atomic mass is 16.5. The van der Waals surface area contributed by atoms with Gasteiger partial charge in [0.15, 0.2) is 0 Å². The molecular formula is C11H20N2O2. The predicted molar refractivity (Wildman–Crippen MR) is 57.3 cm³/mol. The number of amides is 1. The zero-order valence-electron chi connectivity index (χ0n) is 9.15. The van der Waals surface area contributed by atoms with Crippen LogP contribution in [-0.2, 0) is 9.53 Å². The number of rotatable bonds is 2. The summed E-state index contributed by atoms with van der Waals surface area (Å²) in [7, 11) is 0. The number of ether oxygens (including phenoxy) is 1. The lowest BCUT2D eigenvalue weighted by atomic mass is 9.98. The van der Waals surface area contributed by atoms with Gasteiger partial charge in [-0.1, -0.05) is 0 Å². The number of carbonyl (C=O) groups is 1. The molecule has 2 fully saturated rings. The van der Waals surface area contributed by atoms with Gasteiger partial charge in [-0.15, -0.1) is 0 Å². The third kappa shape index (κ3) is 2.49. The molecule has 0 bridgehead atoms. The maximum absolute atomic E-state index is 12.0. The molecule has 2 aliphatic rings. The third-order valence-electron chi connectivity index (χ3n) is 3.37. The maximum Gasteiger partial charge on any atom is 0.251 e. The van der Waals surface area contributed by atoms with Crippen LogP contribution in [0.3, 0.4) is 0 Å². The number of likely N-dealkylation sites (tertiary alicyclic amines) is 1. The molecule has 1 amide bonds. The van der Waals surface area contributed by atoms with Gasteiger partial charge in [-0.25, -0.2) is 0 Å². The van der Waals surface area contributed by atoms with Crippen molar-refractivity contribution in [1.29, 1.82) is 0 Å². The van der Waals surface area contributed by atoms with Gasteiger partial charge in [0.25, 0.3) is 5.91 Å². The first kappa shape index (κ1) is 10.9. The zero-order valence-corrected chi connectivity index (χ0v) is 9.15. The Morgan fingerprint density at radius 1 is 1.40 bits per heavy atom. The van der Waals surface area contributed by atoms with Gasteiger partial charge in [-0.05, 0) is 38.1 Å². The Morgan fingerprint density at radius 2 is 2.27 bits per heavy atom. The van der Waals surface area contributed by atoms with E-state index in [1.165, 1.54) is 0 Å². The monoisotopic (exact) mass is 212 g/mol. The van der Waals surface area contributed by atoms with Crippen molar-refractivity contribution in [2.45, 2.75) is 31.8 Å². The third-order valence-corrected chi connectivity index (χ3v) is 3.37. The number of hydrogen-bond donors (Lipinski definition) is 1. The van der Waals surface area contributed by atoms with Crippen molar-refractivity contribution in [3.8, 4) is 0 Å². The highest BCUT2D eigenvalue weighted by Crippen LogP contribution is 2.20. The van der Waals surface area contributed by atoms with Crippen molar-refractivity contribution in [3.05, 3.63) is 0 Å². The van der Waals surface area contributed by atoms with Crippen molar-refractivity contribution in [3.63, 3.8) is 0 Å². The number of hydrogen-bond acceptors (Lipinski definition) is 3. The molecule has 15 heavy (non-hydrogen) atoms. The Balaban J connectivity index is 1.88. The summed E-state index contributed by atoms with van der Waals surface area (Å²) in [5.41, 5.74) is 5.65. The lowest BCUT2D eigenvalue weighted by Crippen LogP contribution is -2.46. The molecule has 2 saturated heterocycles. The Bertz CT molecular complexity index is 227. The summed E-state index contributed by atoms with van der Waals surface area (Å²) < 4.78 is 5.41. The summed E-state index contributed by atoms with van der Waals surface area (Å²) in [6.45, 7) is 3.14. The number of carbonyl (C=O) groups excluding carboxylic acids is 1. The quantitative estimate of drug-likeness (QED) is 0.719. The molecule has 86 valence electrons. The van der Waals surface area contributed by atoms with Gasteiger partial charge in [-0.2, -0.15) is 0 Å². The molecule has 0 spiro atoms. The van der Waals surface area contributed by atoms with Crippen LogP contribution in [0.1, 0.15) is 25.7 Å². The molecule has 0 unspecified atom stereocenters. The van der Waals surface area contributed by atoms with E-state index in [2.05, 4.69) is 0 Å². The maximum atomic E-state index is 12.0. The van der Waals surface area contributed by atoms with Gasteiger partial charge >= 0.3 is 0 Å². The van der Waals surface area contributed by atoms with E-state index >= 15 is 0 Å². The van der Waals surface area contributed by atoms with E-state index in [4.69, 9.17) is 10.5 Å². The number of nitrogens with zero attached hydrogens (tertiary/aromatic N) is 1. The fraction of sp³-hybridized carbons (Fsp3) is 0.909. The first-order valence-electron chi connectivity index (χ1n) is 5.91. The van der Waals surface area contributed by atoms with E-state index in [1.807, 2.05) is 4.90 Å². The van der Waals surface area contributed by atoms with Gasteiger partial charge in [0.2, 0.25) is 0 Å². The molecular weight excluding hydrogens is 192 g/mol. The first-order valence-corrected chi connectivity index (χ1v) is 5.91. The average Bonchev–Trinajstić information content (AvgIpc) is 2.81. The normalized spacial score (nSPS) is 31.9. The van der Waals surface area contributed by atoms with Crippen LogP contribution < -0.4 is 5.73 Å². The summed E-state index contributed by atoms with van der Waals surface area (Å²) in [6.07, 6.45) is 3.99. The van der Waals surface area contributed by atoms with Crippen LogP contribution in [0.4, 0.5) is 0 Å². The van der Waals surface area contributed by atoms with Crippen molar-refractivity contribution in [2.75, 3.05) is 26.2 Å². The molecule has 4 heteroatoms. The van der Waals surface area contributed by atoms with E-state index < -0.39 is 0 Å². The summed E-state index contributed by atoms with van der Waals surface area (Å²) in [5, 5.41) is 0. The van der Waals surface area contributed by atoms with Crippen LogP contribution in [0.5, 0.6) is 0 Å². The van der Waals surface area contributed by atoms with Gasteiger partial charge in [0.05, 0.1) is 0 Å². The lowest BCUT2D eigenvalue weighted by molar-refractivity contribution is -0.142. The Morgan fingerprint density at radius 3 is 2.93 bits per heavy atom. The first-order chi connectivity index (χ1) is 7.31. The molecule has 4 nitrogen and oxygen atoms in total. The molecule has 0 aromatic rings. The molecule has 0 aliphatic carbocycles. The Kier molecular flexibility index (Phi) is 3.59. The zero-order chi connectivity index (χ0) is 10.7. The molecule has 0 aromatic carbocycles. The Labute approximate surface area is 90.8 Å². The van der Waals surface area contributed by atoms with Crippen molar-refractivity contribution >= 4 is 5.91 Å². The molecule has 0 saturated carbocycles. The second-order valence-electron chi connectivity index (χ2n) is 4.53. The molecule has 2 atom stereocenters. The van der Waals surface area contributed by atoms with Gasteiger partial charge in [0, 0.05) is 19.7 Å². The van der Waals surface area contributed by atoms with Crippen molar-refractivity contribution in [1.82, 2.24) is 4.90 Å². The average molecular weight is 212 g/mol. The highest BCUT2D eigenvalue weighted by Gasteiger charge is 2.30. The second kappa shape index (κ2) is 4.94. The van der Waals surface area contributed by atoms with E-state index in [0.29, 0.717) is 12.5 Å². The van der Waals surface area contributed by atoms with Crippen LogP contribution in [0.2, 0.25) is 0 Å². The second-order valence-corrected chi connectivity index (χ2v) is 4.53. The van der Waals surface area contributed by atoms with E-state index in [-0.39, 0.29) is 12.0 Å². The summed E-state index contributed by atoms with van der Waals surface area (Å²) in [4.78, 5) is 14.0. The molecule has 2 aliphatic heterocycles. The minimum atomic E-state index is -0.165. The minimum absolute atomic E-state index is 0.165. The predicted octanol–water partition coefficient (Wildman–Crippen LogP) is 0.363. The summed E-state index contributed by atoms with van der Waals surface area (Å²) in [6, 6.07) is 0. The molecule has 2 N–H and O–H groups in total. The minimum Gasteiger partial charge on any atom is -0.368 e. The standard InChI is InChI=1S/C11H20N2O2/c12-7-9-3-1-5-13(8-9)11(14)10-4-2-6-15-10/h9-10H,1-8,12H2/t9-,10-/m0/s1. The van der Waals surface area contributed by atoms with Gasteiger partial charge < -0.3 is 15.4 Å². The molecule has 2 heterocycles. The lowest BCUT2D eigenvalue weighted by Gasteiger charge is -2.33. The van der Waals surface area contributed by atoms with Gasteiger partial charge in [0.1, 0.15) is 6.10 Å². The van der Waals surface area contributed by atoms with Crippen LogP contribution in [-0.4, -0.2) is 43.2 Å². The highest BCUT2D eigenvalue weighted by molar-refractivity contribution is 5.81. The topological polar surface area (TPSA) is 55.6 Å². The van der Waals surface area contributed by atoms with Crippen LogP contribution in [0.25, 0.3) is 0 Å². The van der Waals surface area contributed by atoms with Crippen LogP contribution in [0, 0.1) is 5.92 Å². The SMILES string of the molecule is NC[C@@H]1CCCN(C(=O)[C@@H]2CCCO2)C1. The van der Waals surface area contributed by atoms with E-state index in [9.17, 15) is 4.79 Å². The molecule has 2 rings (SSSR count). The molecule has 0 aromatic heterocycles. The largest absolute Gasteiger partial charge is 0.368 e. The van der Waals surface area contributed by atoms with Gasteiger partial charge in [-0.3, -0.25) is 4.79 Å². The van der Waals surface area contributed by atoms with E-state index in [1.54, 1.807) is 0 Å². The molecule has 0 radical (unpaired) electrons. The van der Waals surface area contributed by atoms with Crippen molar-refractivity contribution < 1.29 is 9.53 Å². The number of piperidine rings is 1. The fourth-order valence-electron chi connectivity index (χ4n) is 2.43. The van der Waals surface area contributed by atoms with Crippen LogP contribution >= 0.6 is 0 Å².